The Morgan fingerprint density at radius 2 is 1.76 bits per heavy atom. The standard InChI is InChI=1S/C26H30N2O5/c1-6-27-18(4)22(17(3)23(27)26(31)32-7-2)24(29)19(5)28(16-21-14-11-15-33-21)25(30)20-12-9-8-10-13-20/h8-15,19H,6-7,16H2,1-5H3. The van der Waals surface area contributed by atoms with Crippen LogP contribution in [-0.4, -0.2) is 39.8 Å². The van der Waals surface area contributed by atoms with Gasteiger partial charge in [-0.3, -0.25) is 9.59 Å². The molecule has 0 radical (unpaired) electrons. The number of hydrogen-bond donors (Lipinski definition) is 0. The largest absolute Gasteiger partial charge is 0.467 e. The molecule has 1 atom stereocenters. The van der Waals surface area contributed by atoms with Crippen molar-refractivity contribution in [2.45, 2.75) is 53.8 Å². The van der Waals surface area contributed by atoms with E-state index in [4.69, 9.17) is 9.15 Å². The summed E-state index contributed by atoms with van der Waals surface area (Å²) in [7, 11) is 0. The van der Waals surface area contributed by atoms with Crippen LogP contribution in [0.25, 0.3) is 0 Å². The van der Waals surface area contributed by atoms with E-state index < -0.39 is 12.0 Å². The molecule has 0 spiro atoms. The number of hydrogen-bond acceptors (Lipinski definition) is 5. The summed E-state index contributed by atoms with van der Waals surface area (Å²) in [5, 5.41) is 0. The van der Waals surface area contributed by atoms with Crippen LogP contribution >= 0.6 is 0 Å². The molecule has 1 unspecified atom stereocenters. The van der Waals surface area contributed by atoms with Gasteiger partial charge < -0.3 is 18.6 Å². The molecule has 0 bridgehead atoms. The molecule has 0 aliphatic heterocycles. The molecular weight excluding hydrogens is 420 g/mol. The minimum absolute atomic E-state index is 0.144. The number of esters is 1. The average Bonchev–Trinajstić information content (AvgIpc) is 3.42. The quantitative estimate of drug-likeness (QED) is 0.345. The second kappa shape index (κ2) is 10.3. The van der Waals surface area contributed by atoms with Gasteiger partial charge in [-0.1, -0.05) is 18.2 Å². The second-order valence-electron chi connectivity index (χ2n) is 7.82. The van der Waals surface area contributed by atoms with E-state index in [0.29, 0.717) is 40.4 Å². The third kappa shape index (κ3) is 4.77. The fourth-order valence-electron chi connectivity index (χ4n) is 4.17. The van der Waals surface area contributed by atoms with Gasteiger partial charge in [-0.05, 0) is 64.4 Å². The van der Waals surface area contributed by atoms with Gasteiger partial charge in [-0.2, -0.15) is 0 Å². The lowest BCUT2D eigenvalue weighted by Crippen LogP contribution is -2.43. The SMILES string of the molecule is CCOC(=O)c1c(C)c(C(=O)C(C)N(Cc2ccco2)C(=O)c2ccccc2)c(C)n1CC. The lowest BCUT2D eigenvalue weighted by atomic mass is 9.99. The van der Waals surface area contributed by atoms with Crippen molar-refractivity contribution in [1.29, 1.82) is 0 Å². The van der Waals surface area contributed by atoms with Crippen LogP contribution in [0, 0.1) is 13.8 Å². The number of rotatable bonds is 9. The Balaban J connectivity index is 2.03. The van der Waals surface area contributed by atoms with E-state index in [9.17, 15) is 14.4 Å². The summed E-state index contributed by atoms with van der Waals surface area (Å²) in [5.41, 5.74) is 2.54. The van der Waals surface area contributed by atoms with Crippen LogP contribution in [-0.2, 0) is 17.8 Å². The summed E-state index contributed by atoms with van der Waals surface area (Å²) in [6, 6.07) is 11.6. The number of carbonyl (C=O) groups is 3. The van der Waals surface area contributed by atoms with E-state index in [2.05, 4.69) is 0 Å². The highest BCUT2D eigenvalue weighted by Crippen LogP contribution is 2.27. The lowest BCUT2D eigenvalue weighted by Gasteiger charge is -2.28. The van der Waals surface area contributed by atoms with Crippen molar-refractivity contribution >= 4 is 17.7 Å². The molecule has 0 saturated heterocycles. The van der Waals surface area contributed by atoms with Crippen molar-refractivity contribution in [2.24, 2.45) is 0 Å². The minimum atomic E-state index is -0.789. The number of carbonyl (C=O) groups excluding carboxylic acids is 3. The molecule has 2 aromatic heterocycles. The van der Waals surface area contributed by atoms with Gasteiger partial charge in [0, 0.05) is 23.4 Å². The summed E-state index contributed by atoms with van der Waals surface area (Å²) in [5.74, 6) is -0.396. The molecule has 7 nitrogen and oxygen atoms in total. The minimum Gasteiger partial charge on any atom is -0.467 e. The second-order valence-corrected chi connectivity index (χ2v) is 7.82. The first kappa shape index (κ1) is 24.0. The molecule has 33 heavy (non-hydrogen) atoms. The molecule has 0 aliphatic rings. The van der Waals surface area contributed by atoms with E-state index in [1.165, 1.54) is 11.2 Å². The summed E-state index contributed by atoms with van der Waals surface area (Å²) in [6.07, 6.45) is 1.54. The van der Waals surface area contributed by atoms with E-state index in [0.717, 1.165) is 0 Å². The van der Waals surface area contributed by atoms with Gasteiger partial charge in [0.2, 0.25) is 0 Å². The zero-order valence-corrected chi connectivity index (χ0v) is 19.8. The summed E-state index contributed by atoms with van der Waals surface area (Å²) < 4.78 is 12.5. The van der Waals surface area contributed by atoms with Crippen LogP contribution in [0.15, 0.2) is 53.1 Å². The summed E-state index contributed by atoms with van der Waals surface area (Å²) in [4.78, 5) is 41.3. The zero-order chi connectivity index (χ0) is 24.1. The number of ketones is 1. The Bertz CT molecular complexity index is 1130. The van der Waals surface area contributed by atoms with Crippen molar-refractivity contribution < 1.29 is 23.5 Å². The molecule has 1 amide bonds. The molecule has 0 aliphatic carbocycles. The van der Waals surface area contributed by atoms with Gasteiger partial charge in [-0.25, -0.2) is 4.79 Å². The number of aromatic nitrogens is 1. The molecule has 0 N–H and O–H groups in total. The molecule has 0 fully saturated rings. The predicted octanol–water partition coefficient (Wildman–Crippen LogP) is 4.81. The Labute approximate surface area is 193 Å². The van der Waals surface area contributed by atoms with Crippen LogP contribution in [0.3, 0.4) is 0 Å². The molecular formula is C26H30N2O5. The topological polar surface area (TPSA) is 81.8 Å². The maximum Gasteiger partial charge on any atom is 0.355 e. The molecule has 1 aromatic carbocycles. The van der Waals surface area contributed by atoms with Crippen molar-refractivity contribution in [3.8, 4) is 0 Å². The number of amides is 1. The first-order valence-electron chi connectivity index (χ1n) is 11.1. The molecule has 3 rings (SSSR count). The van der Waals surface area contributed by atoms with Crippen LogP contribution in [0.1, 0.15) is 69.0 Å². The van der Waals surface area contributed by atoms with Crippen molar-refractivity contribution in [2.75, 3.05) is 6.61 Å². The fourth-order valence-corrected chi connectivity index (χ4v) is 4.17. The number of nitrogens with zero attached hydrogens (tertiary/aromatic N) is 2. The normalized spacial score (nSPS) is 11.8. The highest BCUT2D eigenvalue weighted by Gasteiger charge is 2.33. The molecule has 3 aromatic rings. The lowest BCUT2D eigenvalue weighted by molar-refractivity contribution is 0.0512. The van der Waals surface area contributed by atoms with E-state index in [-0.39, 0.29) is 24.8 Å². The average molecular weight is 451 g/mol. The Kier molecular flexibility index (Phi) is 7.53. The number of furan rings is 1. The van der Waals surface area contributed by atoms with Gasteiger partial charge in [0.25, 0.3) is 5.91 Å². The summed E-state index contributed by atoms with van der Waals surface area (Å²) >= 11 is 0. The van der Waals surface area contributed by atoms with E-state index in [1.54, 1.807) is 61.7 Å². The smallest absolute Gasteiger partial charge is 0.355 e. The van der Waals surface area contributed by atoms with Gasteiger partial charge in [0.15, 0.2) is 5.78 Å². The van der Waals surface area contributed by atoms with Crippen molar-refractivity contribution in [1.82, 2.24) is 9.47 Å². The fraction of sp³-hybridized carbons (Fsp3) is 0.346. The predicted molar refractivity (Wildman–Crippen MR) is 124 cm³/mol. The van der Waals surface area contributed by atoms with Crippen molar-refractivity contribution in [3.63, 3.8) is 0 Å². The zero-order valence-electron chi connectivity index (χ0n) is 19.8. The van der Waals surface area contributed by atoms with Gasteiger partial charge in [0.05, 0.1) is 25.5 Å². The molecule has 174 valence electrons. The maximum absolute atomic E-state index is 13.8. The van der Waals surface area contributed by atoms with Crippen LogP contribution < -0.4 is 0 Å². The van der Waals surface area contributed by atoms with Gasteiger partial charge in [0.1, 0.15) is 11.5 Å². The van der Waals surface area contributed by atoms with Crippen LogP contribution in [0.4, 0.5) is 0 Å². The number of ether oxygens (including phenoxy) is 1. The molecule has 7 heteroatoms. The maximum atomic E-state index is 13.8. The first-order valence-corrected chi connectivity index (χ1v) is 11.1. The van der Waals surface area contributed by atoms with Crippen LogP contribution in [0.2, 0.25) is 0 Å². The van der Waals surface area contributed by atoms with Crippen LogP contribution in [0.5, 0.6) is 0 Å². The van der Waals surface area contributed by atoms with E-state index in [1.807, 2.05) is 19.9 Å². The Morgan fingerprint density at radius 1 is 1.06 bits per heavy atom. The van der Waals surface area contributed by atoms with E-state index >= 15 is 0 Å². The Hall–Kier alpha value is -3.61. The first-order chi connectivity index (χ1) is 15.8. The highest BCUT2D eigenvalue weighted by atomic mass is 16.5. The third-order valence-electron chi connectivity index (χ3n) is 5.83. The highest BCUT2D eigenvalue weighted by molar-refractivity contribution is 6.07. The van der Waals surface area contributed by atoms with Gasteiger partial charge in [-0.15, -0.1) is 0 Å². The molecule has 2 heterocycles. The van der Waals surface area contributed by atoms with Gasteiger partial charge >= 0.3 is 5.97 Å². The summed E-state index contributed by atoms with van der Waals surface area (Å²) in [6.45, 7) is 9.83. The number of benzene rings is 1. The van der Waals surface area contributed by atoms with Crippen molar-refractivity contribution in [3.05, 3.63) is 82.6 Å². The Morgan fingerprint density at radius 3 is 2.33 bits per heavy atom. The molecule has 0 saturated carbocycles. The third-order valence-corrected chi connectivity index (χ3v) is 5.83. The number of Topliss-reactive ketones (excluding diaryl/α,β-unsaturated/α-hetero) is 1. The monoisotopic (exact) mass is 450 g/mol.